The number of nitrogens with one attached hydrogen (secondary N) is 1. The SMILES string of the molecule is CC(C)NC(=O)C(C)N(Cc1ccccc1N)C(C)C. The second-order valence-electron chi connectivity index (χ2n) is 5.80. The van der Waals surface area contributed by atoms with Gasteiger partial charge in [0, 0.05) is 24.3 Å². The van der Waals surface area contributed by atoms with Gasteiger partial charge >= 0.3 is 0 Å². The lowest BCUT2D eigenvalue weighted by atomic mass is 10.1. The molecule has 4 nitrogen and oxygen atoms in total. The minimum absolute atomic E-state index is 0.0585. The molecule has 4 heteroatoms. The van der Waals surface area contributed by atoms with Crippen LogP contribution >= 0.6 is 0 Å². The van der Waals surface area contributed by atoms with Gasteiger partial charge in [-0.25, -0.2) is 0 Å². The van der Waals surface area contributed by atoms with Crippen LogP contribution in [0.25, 0.3) is 0 Å². The third-order valence-corrected chi connectivity index (χ3v) is 3.38. The number of hydrogen-bond donors (Lipinski definition) is 2. The second kappa shape index (κ2) is 7.29. The van der Waals surface area contributed by atoms with Crippen molar-refractivity contribution in [2.45, 2.75) is 59.3 Å². The molecule has 1 rings (SSSR count). The fraction of sp³-hybridized carbons (Fsp3) is 0.562. The molecule has 112 valence electrons. The van der Waals surface area contributed by atoms with E-state index in [9.17, 15) is 4.79 Å². The Balaban J connectivity index is 2.84. The third-order valence-electron chi connectivity index (χ3n) is 3.38. The van der Waals surface area contributed by atoms with Crippen molar-refractivity contribution in [3.63, 3.8) is 0 Å². The number of carbonyl (C=O) groups excluding carboxylic acids is 1. The van der Waals surface area contributed by atoms with Crippen LogP contribution < -0.4 is 11.1 Å². The molecule has 0 aliphatic carbocycles. The van der Waals surface area contributed by atoms with Crippen molar-refractivity contribution in [1.29, 1.82) is 0 Å². The maximum absolute atomic E-state index is 12.2. The van der Waals surface area contributed by atoms with Crippen LogP contribution in [0.2, 0.25) is 0 Å². The van der Waals surface area contributed by atoms with Crippen LogP contribution in [-0.4, -0.2) is 28.9 Å². The molecule has 1 unspecified atom stereocenters. The van der Waals surface area contributed by atoms with Crippen LogP contribution in [0.1, 0.15) is 40.2 Å². The maximum atomic E-state index is 12.2. The topological polar surface area (TPSA) is 58.4 Å². The zero-order valence-corrected chi connectivity index (χ0v) is 13.2. The third kappa shape index (κ3) is 4.53. The summed E-state index contributed by atoms with van der Waals surface area (Å²) in [6, 6.07) is 8.04. The summed E-state index contributed by atoms with van der Waals surface area (Å²) < 4.78 is 0. The Bertz CT molecular complexity index is 443. The Morgan fingerprint density at radius 1 is 1.20 bits per heavy atom. The van der Waals surface area contributed by atoms with Gasteiger partial charge in [0.1, 0.15) is 0 Å². The van der Waals surface area contributed by atoms with Crippen LogP contribution in [0, 0.1) is 0 Å². The normalized spacial score (nSPS) is 13.0. The highest BCUT2D eigenvalue weighted by atomic mass is 16.2. The fourth-order valence-electron chi connectivity index (χ4n) is 2.20. The number of nitrogens with two attached hydrogens (primary N) is 1. The van der Waals surface area contributed by atoms with E-state index in [-0.39, 0.29) is 24.0 Å². The lowest BCUT2D eigenvalue weighted by molar-refractivity contribution is -0.127. The molecule has 1 atom stereocenters. The number of nitrogens with zero attached hydrogens (tertiary/aromatic N) is 1. The molecule has 0 radical (unpaired) electrons. The number of rotatable bonds is 6. The number of amides is 1. The summed E-state index contributed by atoms with van der Waals surface area (Å²) in [7, 11) is 0. The minimum Gasteiger partial charge on any atom is -0.398 e. The number of nitrogen functional groups attached to an aromatic ring is 1. The van der Waals surface area contributed by atoms with Gasteiger partial charge in [0.15, 0.2) is 0 Å². The summed E-state index contributed by atoms with van der Waals surface area (Å²) in [5, 5.41) is 2.97. The Morgan fingerprint density at radius 2 is 1.80 bits per heavy atom. The van der Waals surface area contributed by atoms with Gasteiger partial charge in [-0.3, -0.25) is 9.69 Å². The lowest BCUT2D eigenvalue weighted by Crippen LogP contribution is -2.49. The van der Waals surface area contributed by atoms with Gasteiger partial charge in [-0.2, -0.15) is 0 Å². The van der Waals surface area contributed by atoms with Crippen molar-refractivity contribution in [2.24, 2.45) is 0 Å². The quantitative estimate of drug-likeness (QED) is 0.785. The van der Waals surface area contributed by atoms with Crippen molar-refractivity contribution in [2.75, 3.05) is 5.73 Å². The average Bonchev–Trinajstić information content (AvgIpc) is 2.35. The Morgan fingerprint density at radius 3 is 2.30 bits per heavy atom. The van der Waals surface area contributed by atoms with Crippen LogP contribution in [0.5, 0.6) is 0 Å². The summed E-state index contributed by atoms with van der Waals surface area (Å²) in [6.45, 7) is 10.8. The Labute approximate surface area is 122 Å². The van der Waals surface area contributed by atoms with Crippen LogP contribution in [-0.2, 0) is 11.3 Å². The largest absolute Gasteiger partial charge is 0.398 e. The minimum atomic E-state index is -0.183. The molecular formula is C16H27N3O. The van der Waals surface area contributed by atoms with Gasteiger partial charge in [0.05, 0.1) is 6.04 Å². The van der Waals surface area contributed by atoms with E-state index >= 15 is 0 Å². The first-order valence-corrected chi connectivity index (χ1v) is 7.22. The highest BCUT2D eigenvalue weighted by Crippen LogP contribution is 2.17. The number of para-hydroxylation sites is 1. The molecule has 3 N–H and O–H groups in total. The first kappa shape index (κ1) is 16.5. The molecule has 0 saturated heterocycles. The summed E-state index contributed by atoms with van der Waals surface area (Å²) in [5.41, 5.74) is 7.83. The highest BCUT2D eigenvalue weighted by molar-refractivity contribution is 5.81. The van der Waals surface area contributed by atoms with Crippen molar-refractivity contribution in [3.05, 3.63) is 29.8 Å². The van der Waals surface area contributed by atoms with Gasteiger partial charge in [0.2, 0.25) is 5.91 Å². The molecule has 0 aliphatic rings. The van der Waals surface area contributed by atoms with Gasteiger partial charge in [-0.1, -0.05) is 18.2 Å². The molecular weight excluding hydrogens is 250 g/mol. The molecule has 0 aromatic heterocycles. The molecule has 0 aliphatic heterocycles. The van der Waals surface area contributed by atoms with Crippen molar-refractivity contribution >= 4 is 11.6 Å². The number of benzene rings is 1. The van der Waals surface area contributed by atoms with Gasteiger partial charge in [-0.15, -0.1) is 0 Å². The lowest BCUT2D eigenvalue weighted by Gasteiger charge is -2.32. The molecule has 0 fully saturated rings. The van der Waals surface area contributed by atoms with Crippen LogP contribution in [0.15, 0.2) is 24.3 Å². The Hall–Kier alpha value is -1.55. The molecule has 0 saturated carbocycles. The molecule has 1 aromatic carbocycles. The first-order valence-electron chi connectivity index (χ1n) is 7.22. The predicted molar refractivity (Wildman–Crippen MR) is 84.3 cm³/mol. The first-order chi connectivity index (χ1) is 9.32. The second-order valence-corrected chi connectivity index (χ2v) is 5.80. The average molecular weight is 277 g/mol. The standard InChI is InChI=1S/C16H27N3O/c1-11(2)18-16(20)13(5)19(12(3)4)10-14-8-6-7-9-15(14)17/h6-9,11-13H,10,17H2,1-5H3,(H,18,20). The fourth-order valence-corrected chi connectivity index (χ4v) is 2.20. The number of hydrogen-bond acceptors (Lipinski definition) is 3. The van der Waals surface area contributed by atoms with Crippen molar-refractivity contribution in [1.82, 2.24) is 10.2 Å². The van der Waals surface area contributed by atoms with Gasteiger partial charge < -0.3 is 11.1 Å². The molecule has 0 spiro atoms. The zero-order valence-electron chi connectivity index (χ0n) is 13.2. The summed E-state index contributed by atoms with van der Waals surface area (Å²) in [6.07, 6.45) is 0. The molecule has 0 bridgehead atoms. The number of carbonyl (C=O) groups is 1. The number of anilines is 1. The van der Waals surface area contributed by atoms with E-state index in [1.165, 1.54) is 0 Å². The summed E-state index contributed by atoms with van der Waals surface area (Å²) >= 11 is 0. The van der Waals surface area contributed by atoms with E-state index in [0.717, 1.165) is 11.3 Å². The van der Waals surface area contributed by atoms with Crippen molar-refractivity contribution < 1.29 is 4.79 Å². The van der Waals surface area contributed by atoms with Gasteiger partial charge in [-0.05, 0) is 46.2 Å². The molecule has 20 heavy (non-hydrogen) atoms. The van der Waals surface area contributed by atoms with Crippen LogP contribution in [0.3, 0.4) is 0 Å². The molecule has 0 heterocycles. The predicted octanol–water partition coefficient (Wildman–Crippen LogP) is 2.39. The monoisotopic (exact) mass is 277 g/mol. The zero-order chi connectivity index (χ0) is 15.3. The summed E-state index contributed by atoms with van der Waals surface area (Å²) in [4.78, 5) is 14.3. The van der Waals surface area contributed by atoms with E-state index in [1.807, 2.05) is 45.0 Å². The van der Waals surface area contributed by atoms with E-state index in [1.54, 1.807) is 0 Å². The van der Waals surface area contributed by atoms with E-state index in [0.29, 0.717) is 6.54 Å². The molecule has 1 amide bonds. The Kier molecular flexibility index (Phi) is 6.02. The van der Waals surface area contributed by atoms with E-state index < -0.39 is 0 Å². The highest BCUT2D eigenvalue weighted by Gasteiger charge is 2.24. The van der Waals surface area contributed by atoms with Crippen molar-refractivity contribution in [3.8, 4) is 0 Å². The summed E-state index contributed by atoms with van der Waals surface area (Å²) in [5.74, 6) is 0.0585. The van der Waals surface area contributed by atoms with Crippen LogP contribution in [0.4, 0.5) is 5.69 Å². The maximum Gasteiger partial charge on any atom is 0.237 e. The van der Waals surface area contributed by atoms with E-state index in [2.05, 4.69) is 24.1 Å². The molecule has 1 aromatic rings. The van der Waals surface area contributed by atoms with Gasteiger partial charge in [0.25, 0.3) is 0 Å². The smallest absolute Gasteiger partial charge is 0.237 e. The van der Waals surface area contributed by atoms with E-state index in [4.69, 9.17) is 5.73 Å².